The lowest BCUT2D eigenvalue weighted by Crippen LogP contribution is -2.30. The third-order valence-electron chi connectivity index (χ3n) is 1.88. The first-order valence-electron chi connectivity index (χ1n) is 4.54. The molecule has 5 heteroatoms. The van der Waals surface area contributed by atoms with E-state index in [0.717, 1.165) is 10.2 Å². The van der Waals surface area contributed by atoms with Crippen molar-refractivity contribution in [2.75, 3.05) is 18.0 Å². The van der Waals surface area contributed by atoms with Crippen molar-refractivity contribution in [1.29, 1.82) is 0 Å². The highest BCUT2D eigenvalue weighted by Crippen LogP contribution is 2.19. The van der Waals surface area contributed by atoms with Crippen LogP contribution in [0.25, 0.3) is 0 Å². The summed E-state index contributed by atoms with van der Waals surface area (Å²) >= 11 is 8.99. The number of carbonyl (C=O) groups is 1. The van der Waals surface area contributed by atoms with Gasteiger partial charge in [0.25, 0.3) is 0 Å². The fraction of sp³-hybridized carbons (Fsp3) is 0.182. The molecule has 1 aromatic carbocycles. The van der Waals surface area contributed by atoms with Crippen molar-refractivity contribution >= 4 is 39.2 Å². The van der Waals surface area contributed by atoms with E-state index in [-0.39, 0.29) is 6.54 Å². The van der Waals surface area contributed by atoms with Gasteiger partial charge >= 0.3 is 5.97 Å². The van der Waals surface area contributed by atoms with Crippen molar-refractivity contribution < 1.29 is 9.90 Å². The monoisotopic (exact) mass is 303 g/mol. The maximum atomic E-state index is 10.7. The van der Waals surface area contributed by atoms with Gasteiger partial charge in [-0.05, 0) is 24.3 Å². The average Bonchev–Trinajstić information content (AvgIpc) is 2.16. The van der Waals surface area contributed by atoms with Gasteiger partial charge in [0.1, 0.15) is 6.54 Å². The normalized spacial score (nSPS) is 9.88. The molecular weight excluding hydrogens is 293 g/mol. The molecule has 16 heavy (non-hydrogen) atoms. The Bertz CT molecular complexity index is 375. The Kier molecular flexibility index (Phi) is 4.83. The zero-order valence-corrected chi connectivity index (χ0v) is 10.8. The van der Waals surface area contributed by atoms with Crippen molar-refractivity contribution in [2.24, 2.45) is 0 Å². The van der Waals surface area contributed by atoms with Crippen molar-refractivity contribution in [1.82, 2.24) is 0 Å². The van der Waals surface area contributed by atoms with Crippen LogP contribution in [-0.4, -0.2) is 24.2 Å². The molecule has 0 aliphatic heterocycles. The lowest BCUT2D eigenvalue weighted by Gasteiger charge is -2.22. The molecule has 0 radical (unpaired) electrons. The predicted octanol–water partition coefficient (Wildman–Crippen LogP) is 3.14. The van der Waals surface area contributed by atoms with E-state index < -0.39 is 5.97 Å². The van der Waals surface area contributed by atoms with Crippen molar-refractivity contribution in [3.63, 3.8) is 0 Å². The number of rotatable bonds is 5. The standard InChI is InChI=1S/C11H11BrClNO2/c1-8(12)6-14(7-11(15)16)10-4-2-9(13)3-5-10/h2-5H,1,6-7H2,(H,15,16). The van der Waals surface area contributed by atoms with Gasteiger partial charge in [-0.15, -0.1) is 0 Å². The van der Waals surface area contributed by atoms with Gasteiger partial charge in [-0.3, -0.25) is 4.79 Å². The molecule has 0 aliphatic carbocycles. The Labute approximate surface area is 107 Å². The van der Waals surface area contributed by atoms with Crippen LogP contribution in [0.1, 0.15) is 0 Å². The first-order chi connectivity index (χ1) is 7.49. The van der Waals surface area contributed by atoms with Crippen molar-refractivity contribution in [2.45, 2.75) is 0 Å². The molecule has 0 saturated carbocycles. The molecule has 0 saturated heterocycles. The van der Waals surface area contributed by atoms with Gasteiger partial charge in [-0.2, -0.15) is 0 Å². The SMILES string of the molecule is C=C(Br)CN(CC(=O)O)c1ccc(Cl)cc1. The first kappa shape index (κ1) is 13.1. The summed E-state index contributed by atoms with van der Waals surface area (Å²) in [5, 5.41) is 9.42. The number of carboxylic acid groups (broad SMARTS) is 1. The van der Waals surface area contributed by atoms with E-state index in [9.17, 15) is 4.79 Å². The third-order valence-corrected chi connectivity index (χ3v) is 2.38. The van der Waals surface area contributed by atoms with E-state index in [4.69, 9.17) is 16.7 Å². The van der Waals surface area contributed by atoms with Gasteiger partial charge < -0.3 is 10.0 Å². The Morgan fingerprint density at radius 2 is 1.94 bits per heavy atom. The van der Waals surface area contributed by atoms with Crippen LogP contribution in [0.2, 0.25) is 5.02 Å². The summed E-state index contributed by atoms with van der Waals surface area (Å²) in [6.45, 7) is 4.06. The molecule has 0 unspecified atom stereocenters. The topological polar surface area (TPSA) is 40.5 Å². The van der Waals surface area contributed by atoms with Crippen LogP contribution in [-0.2, 0) is 4.79 Å². The molecule has 0 aromatic heterocycles. The molecule has 0 bridgehead atoms. The number of hydrogen-bond donors (Lipinski definition) is 1. The molecular formula is C11H11BrClNO2. The summed E-state index contributed by atoms with van der Waals surface area (Å²) in [6.07, 6.45) is 0. The Morgan fingerprint density at radius 3 is 2.38 bits per heavy atom. The molecule has 0 aliphatic rings. The van der Waals surface area contributed by atoms with Gasteiger partial charge in [0.05, 0.1) is 0 Å². The molecule has 0 spiro atoms. The minimum absolute atomic E-state index is 0.0771. The number of aliphatic carboxylic acids is 1. The molecule has 86 valence electrons. The summed E-state index contributed by atoms with van der Waals surface area (Å²) in [4.78, 5) is 12.4. The summed E-state index contributed by atoms with van der Waals surface area (Å²) in [6, 6.07) is 7.01. The molecule has 1 aromatic rings. The molecule has 3 nitrogen and oxygen atoms in total. The van der Waals surface area contributed by atoms with Gasteiger partial charge in [0.15, 0.2) is 0 Å². The van der Waals surface area contributed by atoms with Crippen LogP contribution in [0, 0.1) is 0 Å². The number of carboxylic acids is 1. The van der Waals surface area contributed by atoms with Crippen LogP contribution < -0.4 is 4.90 Å². The van der Waals surface area contributed by atoms with Gasteiger partial charge in [0, 0.05) is 21.7 Å². The Balaban J connectivity index is 2.86. The fourth-order valence-electron chi connectivity index (χ4n) is 1.26. The second-order valence-corrected chi connectivity index (χ2v) is 4.80. The van der Waals surface area contributed by atoms with Crippen LogP contribution in [0.15, 0.2) is 35.3 Å². The smallest absolute Gasteiger partial charge is 0.323 e. The second kappa shape index (κ2) is 5.92. The van der Waals surface area contributed by atoms with E-state index in [1.54, 1.807) is 29.2 Å². The van der Waals surface area contributed by atoms with Gasteiger partial charge in [-0.25, -0.2) is 0 Å². The zero-order valence-electron chi connectivity index (χ0n) is 8.49. The minimum Gasteiger partial charge on any atom is -0.480 e. The first-order valence-corrected chi connectivity index (χ1v) is 5.71. The summed E-state index contributed by atoms with van der Waals surface area (Å²) in [5.41, 5.74) is 0.799. The number of hydrogen-bond acceptors (Lipinski definition) is 2. The van der Waals surface area contributed by atoms with Crippen LogP contribution in [0.3, 0.4) is 0 Å². The predicted molar refractivity (Wildman–Crippen MR) is 69.4 cm³/mol. The molecule has 0 atom stereocenters. The molecule has 1 rings (SSSR count). The highest BCUT2D eigenvalue weighted by molar-refractivity contribution is 9.11. The quantitative estimate of drug-likeness (QED) is 0.908. The van der Waals surface area contributed by atoms with E-state index in [2.05, 4.69) is 22.5 Å². The number of anilines is 1. The van der Waals surface area contributed by atoms with Crippen molar-refractivity contribution in [3.8, 4) is 0 Å². The molecule has 0 amide bonds. The molecule has 1 N–H and O–H groups in total. The van der Waals surface area contributed by atoms with Gasteiger partial charge in [-0.1, -0.05) is 34.1 Å². The molecule has 0 heterocycles. The second-order valence-electron chi connectivity index (χ2n) is 3.24. The van der Waals surface area contributed by atoms with Gasteiger partial charge in [0.2, 0.25) is 0 Å². The van der Waals surface area contributed by atoms with E-state index in [1.807, 2.05) is 0 Å². The summed E-state index contributed by atoms with van der Waals surface area (Å²) in [7, 11) is 0. The maximum absolute atomic E-state index is 10.7. The van der Waals surface area contributed by atoms with E-state index in [0.29, 0.717) is 11.6 Å². The summed E-state index contributed by atoms with van der Waals surface area (Å²) in [5.74, 6) is -0.885. The maximum Gasteiger partial charge on any atom is 0.323 e. The Morgan fingerprint density at radius 1 is 1.38 bits per heavy atom. The van der Waals surface area contributed by atoms with E-state index in [1.165, 1.54) is 0 Å². The van der Waals surface area contributed by atoms with E-state index >= 15 is 0 Å². The largest absolute Gasteiger partial charge is 0.480 e. The zero-order chi connectivity index (χ0) is 12.1. The van der Waals surface area contributed by atoms with Crippen LogP contribution in [0.4, 0.5) is 5.69 Å². The van der Waals surface area contributed by atoms with Crippen LogP contribution >= 0.6 is 27.5 Å². The summed E-state index contributed by atoms with van der Waals surface area (Å²) < 4.78 is 0.726. The number of benzene rings is 1. The molecule has 0 fully saturated rings. The van der Waals surface area contributed by atoms with Crippen molar-refractivity contribution in [3.05, 3.63) is 40.3 Å². The number of nitrogens with zero attached hydrogens (tertiary/aromatic N) is 1. The van der Waals surface area contributed by atoms with Crippen LogP contribution in [0.5, 0.6) is 0 Å². The highest BCUT2D eigenvalue weighted by atomic mass is 79.9. The minimum atomic E-state index is -0.885. The average molecular weight is 305 g/mol. The fourth-order valence-corrected chi connectivity index (χ4v) is 1.69. The highest BCUT2D eigenvalue weighted by Gasteiger charge is 2.10. The lowest BCUT2D eigenvalue weighted by molar-refractivity contribution is -0.135. The number of halogens is 2. The Hall–Kier alpha value is -1.00. The lowest BCUT2D eigenvalue weighted by atomic mass is 10.3. The third kappa shape index (κ3) is 4.24.